The van der Waals surface area contributed by atoms with Crippen LogP contribution in [-0.2, 0) is 22.6 Å². The summed E-state index contributed by atoms with van der Waals surface area (Å²) in [6.07, 6.45) is -3.74. The van der Waals surface area contributed by atoms with Crippen LogP contribution in [0.1, 0.15) is 22.6 Å². The minimum atomic E-state index is -4.40. The van der Waals surface area contributed by atoms with Crippen LogP contribution in [0.2, 0.25) is 0 Å². The number of ether oxygens (including phenoxy) is 2. The molecule has 4 rings (SSSR count). The van der Waals surface area contributed by atoms with Crippen LogP contribution in [0, 0.1) is 6.92 Å². The van der Waals surface area contributed by atoms with Gasteiger partial charge in [0.1, 0.15) is 23.2 Å². The van der Waals surface area contributed by atoms with Crippen molar-refractivity contribution < 1.29 is 22.6 Å². The summed E-state index contributed by atoms with van der Waals surface area (Å²) in [5, 5.41) is 6.10. The molecule has 1 atom stereocenters. The molecule has 4 heterocycles. The van der Waals surface area contributed by atoms with Crippen molar-refractivity contribution in [2.75, 3.05) is 45.3 Å². The Labute approximate surface area is 186 Å². The van der Waals surface area contributed by atoms with E-state index in [-0.39, 0.29) is 11.2 Å². The number of methoxy groups -OCH3 is 1. The van der Waals surface area contributed by atoms with E-state index in [1.165, 1.54) is 0 Å². The molecular formula is C19H24F3N7O2S. The van der Waals surface area contributed by atoms with Gasteiger partial charge in [0, 0.05) is 37.8 Å². The Morgan fingerprint density at radius 2 is 2.16 bits per heavy atom. The Morgan fingerprint density at radius 3 is 2.88 bits per heavy atom. The molecule has 1 aliphatic rings. The van der Waals surface area contributed by atoms with Crippen molar-refractivity contribution in [1.29, 1.82) is 0 Å². The smallest absolute Gasteiger partial charge is 0.383 e. The van der Waals surface area contributed by atoms with E-state index in [1.54, 1.807) is 18.4 Å². The summed E-state index contributed by atoms with van der Waals surface area (Å²) >= 11 is 1.60. The highest BCUT2D eigenvalue weighted by molar-refractivity contribution is 7.09. The predicted molar refractivity (Wildman–Crippen MR) is 113 cm³/mol. The van der Waals surface area contributed by atoms with Gasteiger partial charge in [0.2, 0.25) is 0 Å². The molecule has 1 fully saturated rings. The Kier molecular flexibility index (Phi) is 6.88. The lowest BCUT2D eigenvalue weighted by Crippen LogP contribution is -2.38. The molecule has 1 aliphatic heterocycles. The SMILES string of the molecule is COCCNc1nc(C2CN(Cc3nc(C)cs3)CCO2)nc2c1ncn2CC(F)(F)F. The summed E-state index contributed by atoms with van der Waals surface area (Å²) in [7, 11) is 1.56. The standard InChI is InChI=1S/C19H24F3N7O2S/c1-12-9-32-14(25-12)8-28-4-6-31-13(7-28)16-26-17(23-3-5-30-2)15-18(27-16)29(11-24-15)10-19(20,21)22/h9,11,13H,3-8,10H2,1-2H3,(H,23,26,27). The highest BCUT2D eigenvalue weighted by atomic mass is 32.1. The topological polar surface area (TPSA) is 90.2 Å². The van der Waals surface area contributed by atoms with E-state index in [0.29, 0.717) is 44.5 Å². The zero-order chi connectivity index (χ0) is 22.7. The van der Waals surface area contributed by atoms with Gasteiger partial charge < -0.3 is 19.4 Å². The molecule has 0 radical (unpaired) electrons. The van der Waals surface area contributed by atoms with Gasteiger partial charge in [0.05, 0.1) is 26.1 Å². The molecule has 0 bridgehead atoms. The molecule has 0 spiro atoms. The summed E-state index contributed by atoms with van der Waals surface area (Å²) < 4.78 is 51.1. The maximum Gasteiger partial charge on any atom is 0.406 e. The monoisotopic (exact) mass is 471 g/mol. The van der Waals surface area contributed by atoms with Gasteiger partial charge in [0.15, 0.2) is 17.3 Å². The largest absolute Gasteiger partial charge is 0.406 e. The average Bonchev–Trinajstić information content (AvgIpc) is 3.33. The van der Waals surface area contributed by atoms with Crippen molar-refractivity contribution in [2.45, 2.75) is 32.3 Å². The van der Waals surface area contributed by atoms with E-state index in [0.717, 1.165) is 28.1 Å². The van der Waals surface area contributed by atoms with Crippen molar-refractivity contribution >= 4 is 28.3 Å². The molecule has 3 aromatic rings. The predicted octanol–water partition coefficient (Wildman–Crippen LogP) is 2.79. The lowest BCUT2D eigenvalue weighted by Gasteiger charge is -2.31. The summed E-state index contributed by atoms with van der Waals surface area (Å²) in [4.78, 5) is 19.8. The van der Waals surface area contributed by atoms with Crippen LogP contribution >= 0.6 is 11.3 Å². The van der Waals surface area contributed by atoms with Crippen LogP contribution in [0.4, 0.5) is 19.0 Å². The zero-order valence-corrected chi connectivity index (χ0v) is 18.5. The molecule has 0 aromatic carbocycles. The first-order valence-corrected chi connectivity index (χ1v) is 11.0. The number of alkyl halides is 3. The van der Waals surface area contributed by atoms with Crippen molar-refractivity contribution in [3.05, 3.63) is 28.2 Å². The third-order valence-electron chi connectivity index (χ3n) is 4.89. The van der Waals surface area contributed by atoms with E-state index in [4.69, 9.17) is 9.47 Å². The number of hydrogen-bond acceptors (Lipinski definition) is 9. The van der Waals surface area contributed by atoms with Crippen LogP contribution in [0.5, 0.6) is 0 Å². The van der Waals surface area contributed by atoms with Gasteiger partial charge in [-0.1, -0.05) is 0 Å². The fourth-order valence-electron chi connectivity index (χ4n) is 3.48. The van der Waals surface area contributed by atoms with Gasteiger partial charge in [-0.05, 0) is 6.92 Å². The van der Waals surface area contributed by atoms with E-state index in [9.17, 15) is 13.2 Å². The Morgan fingerprint density at radius 1 is 1.31 bits per heavy atom. The molecule has 1 N–H and O–H groups in total. The molecule has 3 aromatic heterocycles. The first kappa shape index (κ1) is 22.8. The number of rotatable bonds is 8. The molecule has 9 nitrogen and oxygen atoms in total. The second kappa shape index (κ2) is 9.65. The van der Waals surface area contributed by atoms with Crippen LogP contribution in [-0.4, -0.2) is 75.5 Å². The second-order valence-corrected chi connectivity index (χ2v) is 8.43. The van der Waals surface area contributed by atoms with Crippen molar-refractivity contribution in [3.8, 4) is 0 Å². The van der Waals surface area contributed by atoms with Crippen LogP contribution in [0.25, 0.3) is 11.2 Å². The second-order valence-electron chi connectivity index (χ2n) is 7.49. The molecule has 0 aliphatic carbocycles. The summed E-state index contributed by atoms with van der Waals surface area (Å²) in [6, 6.07) is 0. The van der Waals surface area contributed by atoms with Gasteiger partial charge in [-0.15, -0.1) is 11.3 Å². The molecular weight excluding hydrogens is 447 g/mol. The normalized spacial score (nSPS) is 17.8. The first-order chi connectivity index (χ1) is 15.3. The summed E-state index contributed by atoms with van der Waals surface area (Å²) in [5.74, 6) is 0.681. The third-order valence-corrected chi connectivity index (χ3v) is 5.84. The van der Waals surface area contributed by atoms with Gasteiger partial charge in [-0.3, -0.25) is 4.90 Å². The number of nitrogens with zero attached hydrogens (tertiary/aromatic N) is 6. The van der Waals surface area contributed by atoms with E-state index < -0.39 is 18.8 Å². The zero-order valence-electron chi connectivity index (χ0n) is 17.7. The number of fused-ring (bicyclic) bond motifs is 1. The summed E-state index contributed by atoms with van der Waals surface area (Å²) in [6.45, 7) is 3.97. The number of hydrogen-bond donors (Lipinski definition) is 1. The number of aryl methyl sites for hydroxylation is 1. The highest BCUT2D eigenvalue weighted by Gasteiger charge is 2.31. The lowest BCUT2D eigenvalue weighted by molar-refractivity contribution is -0.140. The van der Waals surface area contributed by atoms with Gasteiger partial charge in [-0.2, -0.15) is 13.2 Å². The van der Waals surface area contributed by atoms with Crippen LogP contribution < -0.4 is 5.32 Å². The van der Waals surface area contributed by atoms with E-state index in [2.05, 4.69) is 30.2 Å². The third kappa shape index (κ3) is 5.52. The molecule has 0 saturated carbocycles. The fraction of sp³-hybridized carbons (Fsp3) is 0.579. The highest BCUT2D eigenvalue weighted by Crippen LogP contribution is 2.28. The molecule has 13 heteroatoms. The number of anilines is 1. The number of imidazole rings is 1. The molecule has 1 saturated heterocycles. The number of aromatic nitrogens is 5. The molecule has 32 heavy (non-hydrogen) atoms. The Bertz CT molecular complexity index is 1060. The number of halogens is 3. The number of nitrogens with one attached hydrogen (secondary N) is 1. The van der Waals surface area contributed by atoms with Crippen molar-refractivity contribution in [2.24, 2.45) is 0 Å². The van der Waals surface area contributed by atoms with E-state index in [1.807, 2.05) is 12.3 Å². The van der Waals surface area contributed by atoms with E-state index >= 15 is 0 Å². The number of thiazole rings is 1. The van der Waals surface area contributed by atoms with Crippen LogP contribution in [0.3, 0.4) is 0 Å². The minimum Gasteiger partial charge on any atom is -0.383 e. The van der Waals surface area contributed by atoms with Gasteiger partial charge in [-0.25, -0.2) is 19.9 Å². The maximum absolute atomic E-state index is 13.1. The van der Waals surface area contributed by atoms with Crippen molar-refractivity contribution in [1.82, 2.24) is 29.4 Å². The quantitative estimate of drug-likeness (QED) is 0.502. The molecule has 174 valence electrons. The first-order valence-electron chi connectivity index (χ1n) is 10.1. The Balaban J connectivity index is 1.61. The van der Waals surface area contributed by atoms with Crippen molar-refractivity contribution in [3.63, 3.8) is 0 Å². The van der Waals surface area contributed by atoms with Crippen LogP contribution in [0.15, 0.2) is 11.7 Å². The lowest BCUT2D eigenvalue weighted by atomic mass is 10.2. The minimum absolute atomic E-state index is 0.114. The average molecular weight is 472 g/mol. The Hall–Kier alpha value is -2.35. The molecule has 0 amide bonds. The molecule has 1 unspecified atom stereocenters. The summed E-state index contributed by atoms with van der Waals surface area (Å²) in [5.41, 5.74) is 1.37. The van der Waals surface area contributed by atoms with Gasteiger partial charge in [0.25, 0.3) is 0 Å². The van der Waals surface area contributed by atoms with Gasteiger partial charge >= 0.3 is 6.18 Å². The maximum atomic E-state index is 13.1. The number of morpholine rings is 1. The fourth-order valence-corrected chi connectivity index (χ4v) is 4.29.